The third-order valence-electron chi connectivity index (χ3n) is 6.58. The number of ketones is 1. The van der Waals surface area contributed by atoms with Gasteiger partial charge in [-0.2, -0.15) is 0 Å². The maximum absolute atomic E-state index is 12.9. The number of esters is 2. The van der Waals surface area contributed by atoms with Gasteiger partial charge in [0.25, 0.3) is 0 Å². The van der Waals surface area contributed by atoms with Crippen molar-refractivity contribution in [2.75, 3.05) is 7.11 Å². The highest BCUT2D eigenvalue weighted by molar-refractivity contribution is 5.98. The molecule has 2 atom stereocenters. The van der Waals surface area contributed by atoms with Gasteiger partial charge in [0.15, 0.2) is 0 Å². The maximum Gasteiger partial charge on any atom is 0.337 e. The summed E-state index contributed by atoms with van der Waals surface area (Å²) in [7, 11) is 1.31. The normalized spacial score (nSPS) is 30.2. The number of carbonyl (C=O) groups excluding carboxylic acids is 3. The Balaban J connectivity index is 1.83. The highest BCUT2D eigenvalue weighted by Crippen LogP contribution is 2.70. The number of benzene rings is 1. The lowest BCUT2D eigenvalue weighted by atomic mass is 9.65. The first-order valence-corrected chi connectivity index (χ1v) is 8.12. The van der Waals surface area contributed by atoms with Gasteiger partial charge in [0, 0.05) is 11.8 Å². The molecule has 2 unspecified atom stereocenters. The summed E-state index contributed by atoms with van der Waals surface area (Å²) in [6, 6.07) is 6.24. The first-order valence-electron chi connectivity index (χ1n) is 8.12. The van der Waals surface area contributed by atoms with E-state index in [0.717, 1.165) is 6.42 Å². The van der Waals surface area contributed by atoms with E-state index in [1.165, 1.54) is 7.11 Å². The Kier molecular flexibility index (Phi) is 3.59. The van der Waals surface area contributed by atoms with Crippen molar-refractivity contribution < 1.29 is 23.9 Å². The van der Waals surface area contributed by atoms with E-state index in [1.54, 1.807) is 24.3 Å². The van der Waals surface area contributed by atoms with E-state index in [0.29, 0.717) is 17.7 Å². The van der Waals surface area contributed by atoms with Gasteiger partial charge in [0.05, 0.1) is 18.1 Å². The van der Waals surface area contributed by atoms with Crippen molar-refractivity contribution in [1.29, 1.82) is 0 Å². The summed E-state index contributed by atoms with van der Waals surface area (Å²) in [5.74, 6) is -0.282. The van der Waals surface area contributed by atoms with E-state index < -0.39 is 22.2 Å². The molecule has 5 nitrogen and oxygen atoms in total. The van der Waals surface area contributed by atoms with Crippen LogP contribution in [0.15, 0.2) is 24.3 Å². The largest absolute Gasteiger partial charge is 0.465 e. The molecule has 2 bridgehead atoms. The molecule has 2 saturated carbocycles. The zero-order chi connectivity index (χ0) is 17.8. The van der Waals surface area contributed by atoms with Crippen LogP contribution in [0.3, 0.4) is 0 Å². The van der Waals surface area contributed by atoms with Crippen LogP contribution in [-0.4, -0.2) is 24.8 Å². The van der Waals surface area contributed by atoms with Gasteiger partial charge in [0.1, 0.15) is 11.5 Å². The summed E-state index contributed by atoms with van der Waals surface area (Å²) < 4.78 is 10.2. The first kappa shape index (κ1) is 16.7. The van der Waals surface area contributed by atoms with Crippen molar-refractivity contribution in [3.05, 3.63) is 29.8 Å². The van der Waals surface area contributed by atoms with Crippen LogP contribution in [0.2, 0.25) is 0 Å². The number of rotatable bonds is 3. The minimum atomic E-state index is -0.764. The average molecular weight is 330 g/mol. The highest BCUT2D eigenvalue weighted by Gasteiger charge is 2.73. The molecule has 0 radical (unpaired) electrons. The van der Waals surface area contributed by atoms with E-state index in [9.17, 15) is 14.4 Å². The van der Waals surface area contributed by atoms with E-state index in [1.807, 2.05) is 20.8 Å². The van der Waals surface area contributed by atoms with Crippen LogP contribution in [0.4, 0.5) is 0 Å². The summed E-state index contributed by atoms with van der Waals surface area (Å²) in [5.41, 5.74) is -1.26. The number of hydrogen-bond donors (Lipinski definition) is 0. The van der Waals surface area contributed by atoms with Crippen molar-refractivity contribution in [2.24, 2.45) is 16.2 Å². The van der Waals surface area contributed by atoms with Crippen LogP contribution in [0.1, 0.15) is 50.4 Å². The van der Waals surface area contributed by atoms with E-state index in [4.69, 9.17) is 4.74 Å². The van der Waals surface area contributed by atoms with E-state index >= 15 is 0 Å². The summed E-state index contributed by atoms with van der Waals surface area (Å²) in [5, 5.41) is 0. The molecular weight excluding hydrogens is 308 g/mol. The Morgan fingerprint density at radius 1 is 1.04 bits per heavy atom. The lowest BCUT2D eigenvalue weighted by Crippen LogP contribution is -2.42. The second kappa shape index (κ2) is 5.16. The fraction of sp³-hybridized carbons (Fsp3) is 0.526. The molecular formula is C19H22O5. The predicted molar refractivity (Wildman–Crippen MR) is 86.6 cm³/mol. The highest BCUT2D eigenvalue weighted by atomic mass is 16.5. The Bertz CT molecular complexity index is 718. The van der Waals surface area contributed by atoms with Gasteiger partial charge in [-0.1, -0.05) is 20.8 Å². The van der Waals surface area contributed by atoms with Crippen molar-refractivity contribution in [3.8, 4) is 5.75 Å². The van der Waals surface area contributed by atoms with Gasteiger partial charge in [-0.25, -0.2) is 4.79 Å². The number of hydrogen-bond acceptors (Lipinski definition) is 5. The zero-order valence-corrected chi connectivity index (χ0v) is 14.5. The van der Waals surface area contributed by atoms with Crippen LogP contribution >= 0.6 is 0 Å². The monoisotopic (exact) mass is 330 g/mol. The van der Waals surface area contributed by atoms with Gasteiger partial charge >= 0.3 is 11.9 Å². The minimum Gasteiger partial charge on any atom is -0.465 e. The summed E-state index contributed by atoms with van der Waals surface area (Å²) in [6.45, 7) is 5.95. The second-order valence-electron chi connectivity index (χ2n) is 7.54. The van der Waals surface area contributed by atoms with Crippen LogP contribution in [0.5, 0.6) is 5.75 Å². The minimum absolute atomic E-state index is 0.150. The van der Waals surface area contributed by atoms with E-state index in [-0.39, 0.29) is 18.2 Å². The topological polar surface area (TPSA) is 69.7 Å². The van der Waals surface area contributed by atoms with Gasteiger partial charge in [-0.3, -0.25) is 9.59 Å². The Morgan fingerprint density at radius 3 is 2.12 bits per heavy atom. The number of carbonyl (C=O) groups is 3. The number of ether oxygens (including phenoxy) is 2. The standard InChI is InChI=1S/C19H22O5/c1-17(2)18(3)9-10-19(17,11-14(18)20)16(22)24-13-7-5-12(6-8-13)15(21)23-4/h5-8H,9-11H2,1-4H3. The molecule has 0 N–H and O–H groups in total. The fourth-order valence-corrected chi connectivity index (χ4v) is 4.29. The van der Waals surface area contributed by atoms with Crippen molar-refractivity contribution in [2.45, 2.75) is 40.0 Å². The maximum atomic E-state index is 12.9. The lowest BCUT2D eigenvalue weighted by Gasteiger charge is -2.37. The Morgan fingerprint density at radius 2 is 1.67 bits per heavy atom. The van der Waals surface area contributed by atoms with Crippen molar-refractivity contribution in [1.82, 2.24) is 0 Å². The van der Waals surface area contributed by atoms with Crippen molar-refractivity contribution in [3.63, 3.8) is 0 Å². The number of Topliss-reactive ketones (excluding diaryl/α,β-unsaturated/α-hetero) is 1. The Labute approximate surface area is 141 Å². The Hall–Kier alpha value is -2.17. The molecule has 1 aromatic carbocycles. The molecule has 0 saturated heterocycles. The zero-order valence-electron chi connectivity index (χ0n) is 14.5. The molecule has 3 rings (SSSR count). The first-order chi connectivity index (χ1) is 11.2. The lowest BCUT2D eigenvalue weighted by molar-refractivity contribution is -0.151. The average Bonchev–Trinajstić information content (AvgIpc) is 2.85. The third kappa shape index (κ3) is 1.96. The molecule has 1 aromatic rings. The molecule has 2 aliphatic carbocycles. The number of methoxy groups -OCH3 is 1. The molecule has 2 fully saturated rings. The van der Waals surface area contributed by atoms with Crippen LogP contribution in [0, 0.1) is 16.2 Å². The molecule has 2 aliphatic rings. The van der Waals surface area contributed by atoms with Crippen LogP contribution in [-0.2, 0) is 14.3 Å². The smallest absolute Gasteiger partial charge is 0.337 e. The molecule has 5 heteroatoms. The second-order valence-corrected chi connectivity index (χ2v) is 7.54. The third-order valence-corrected chi connectivity index (χ3v) is 6.58. The fourth-order valence-electron chi connectivity index (χ4n) is 4.29. The molecule has 0 amide bonds. The van der Waals surface area contributed by atoms with Crippen LogP contribution in [0.25, 0.3) is 0 Å². The van der Waals surface area contributed by atoms with Gasteiger partial charge in [-0.15, -0.1) is 0 Å². The summed E-state index contributed by atoms with van der Waals surface area (Å²) in [6.07, 6.45) is 1.63. The molecule has 128 valence electrons. The SMILES string of the molecule is COC(=O)c1ccc(OC(=O)C23CCC(C)(C(=O)C2)C3(C)C)cc1. The molecule has 0 heterocycles. The summed E-state index contributed by atoms with van der Waals surface area (Å²) >= 11 is 0. The van der Waals surface area contributed by atoms with Crippen LogP contribution < -0.4 is 4.74 Å². The quantitative estimate of drug-likeness (QED) is 0.629. The van der Waals surface area contributed by atoms with E-state index in [2.05, 4.69) is 4.74 Å². The molecule has 0 aliphatic heterocycles. The van der Waals surface area contributed by atoms with Crippen molar-refractivity contribution >= 4 is 17.7 Å². The van der Waals surface area contributed by atoms with Gasteiger partial charge < -0.3 is 9.47 Å². The predicted octanol–water partition coefficient (Wildman–Crippen LogP) is 3.16. The molecule has 0 aromatic heterocycles. The van der Waals surface area contributed by atoms with Gasteiger partial charge in [-0.05, 0) is 42.5 Å². The van der Waals surface area contributed by atoms with Gasteiger partial charge in [0.2, 0.25) is 0 Å². The molecule has 0 spiro atoms. The summed E-state index contributed by atoms with van der Waals surface area (Å²) in [4.78, 5) is 36.8. The number of fused-ring (bicyclic) bond motifs is 2. The molecule has 24 heavy (non-hydrogen) atoms.